The third kappa shape index (κ3) is 20.5. The quantitative estimate of drug-likeness (QED) is 0.0295. The molecule has 7 atom stereocenters. The monoisotopic (exact) mass is 1050 g/mol. The van der Waals surface area contributed by atoms with E-state index in [-0.39, 0.29) is 61.8 Å². The van der Waals surface area contributed by atoms with Gasteiger partial charge in [0.25, 0.3) is 0 Å². The summed E-state index contributed by atoms with van der Waals surface area (Å²) in [4.78, 5) is 150. The Hall–Kier alpha value is -5.77. The number of benzene rings is 1. The molecule has 0 saturated carbocycles. The number of hydrogen-bond donors (Lipinski definition) is 11. The van der Waals surface area contributed by atoms with E-state index >= 15 is 0 Å². The van der Waals surface area contributed by atoms with Gasteiger partial charge in [-0.2, -0.15) is 0 Å². The number of nitrogens with two attached hydrogens (primary N) is 3. The van der Waals surface area contributed by atoms with Crippen LogP contribution in [0.15, 0.2) is 41.8 Å². The summed E-state index contributed by atoms with van der Waals surface area (Å²) in [6, 6.07) is 0.661. The molecule has 1 aromatic heterocycles. The summed E-state index contributed by atoms with van der Waals surface area (Å²) in [7, 11) is 2.16. The second kappa shape index (κ2) is 30.2. The van der Waals surface area contributed by atoms with Crippen LogP contribution in [0.25, 0.3) is 0 Å². The molecule has 0 spiro atoms. The molecule has 7 amide bonds. The number of aromatic hydroxyl groups is 1. The second-order valence-corrected chi connectivity index (χ2v) is 20.9. The molecule has 1 aliphatic rings. The van der Waals surface area contributed by atoms with Gasteiger partial charge in [0.1, 0.15) is 23.9 Å². The predicted molar refractivity (Wildman–Crippen MR) is 266 cm³/mol. The van der Waals surface area contributed by atoms with Crippen LogP contribution < -0.4 is 54.9 Å². The summed E-state index contributed by atoms with van der Waals surface area (Å²) in [5, 5.41) is 21.9. The van der Waals surface area contributed by atoms with Gasteiger partial charge in [0, 0.05) is 35.6 Å². The van der Waals surface area contributed by atoms with E-state index in [2.05, 4.69) is 37.5 Å². The molecule has 1 aromatic carbocycles. The zero-order chi connectivity index (χ0) is 52.8. The molecule has 0 bridgehead atoms. The van der Waals surface area contributed by atoms with Gasteiger partial charge in [-0.3, -0.25) is 64.0 Å². The van der Waals surface area contributed by atoms with Crippen molar-refractivity contribution in [2.24, 2.45) is 29.1 Å². The van der Waals surface area contributed by atoms with E-state index < -0.39 is 126 Å². The summed E-state index contributed by atoms with van der Waals surface area (Å²) in [6.07, 6.45) is -1.35. The molecule has 23 nitrogen and oxygen atoms in total. The average molecular weight is 1050 g/mol. The topological polar surface area (TPSA) is 374 Å². The lowest BCUT2D eigenvalue weighted by atomic mass is 9.90. The lowest BCUT2D eigenvalue weighted by molar-refractivity contribution is -0.141. The number of amides is 7. The van der Waals surface area contributed by atoms with Crippen LogP contribution in [0, 0.1) is 11.8 Å². The summed E-state index contributed by atoms with van der Waals surface area (Å²) in [6.45, 7) is 5.69. The van der Waals surface area contributed by atoms with Crippen LogP contribution in [0.3, 0.4) is 0 Å². The number of ketones is 4. The third-order valence-electron chi connectivity index (χ3n) is 11.0. The molecule has 1 unspecified atom stereocenters. The van der Waals surface area contributed by atoms with Crippen LogP contribution >= 0.6 is 32.9 Å². The van der Waals surface area contributed by atoms with Gasteiger partial charge in [0.15, 0.2) is 0 Å². The highest BCUT2D eigenvalue weighted by Crippen LogP contribution is 2.25. The summed E-state index contributed by atoms with van der Waals surface area (Å²) in [5.41, 5.74) is 19.1. The Morgan fingerprint density at radius 3 is 2.15 bits per heavy atom. The normalized spacial score (nSPS) is 20.9. The van der Waals surface area contributed by atoms with Gasteiger partial charge in [-0.05, 0) is 53.8 Å². The molecule has 0 aliphatic carbocycles. The van der Waals surface area contributed by atoms with E-state index in [1.165, 1.54) is 35.6 Å². The second-order valence-electron chi connectivity index (χ2n) is 17.3. The molecule has 0 radical (unpaired) electrons. The van der Waals surface area contributed by atoms with Crippen molar-refractivity contribution in [3.63, 3.8) is 0 Å². The highest BCUT2D eigenvalue weighted by atomic mass is 33.1. The molecule has 1 aliphatic heterocycles. The first-order valence-corrected chi connectivity index (χ1v) is 26.2. The number of phenolic OH excluding ortho intramolecular Hbond substituents is 1. The first-order chi connectivity index (χ1) is 33.6. The standard InChI is InChI=1S/C45H65N11O12S3/c1-5-25(4)39-42(65)41(64)31(18-26-8-10-27(57)11-9-26)50-37(61)14-16-70-71-23-33(53-44(67)32(19-36(47)60)52-43(66)29(54-55-39)12-13-35(46)59)45(68)56(21-28-7-6-15-69-28)22-38(62)51-30(17-24(2)3)40(63)34(58)20-49-48/h6-11,15,24-25,29-33,39,49,54-55,57H,5,12-14,16-23,48H2,1-4H3,(H2,46,59)(H2,47,60)(H,50,61)(H,51,62)(H,52,66)(H,53,67)/t25-,29-,30-,31-,32-,33-,39?/m0/s1. The third-order valence-corrected chi connectivity index (χ3v) is 14.3. The number of nitrogens with one attached hydrogen (secondary N) is 7. The van der Waals surface area contributed by atoms with Crippen molar-refractivity contribution in [1.82, 2.24) is 42.4 Å². The van der Waals surface area contributed by atoms with Gasteiger partial charge in [-0.1, -0.05) is 73.9 Å². The van der Waals surface area contributed by atoms with Crippen LogP contribution in [0.2, 0.25) is 0 Å². The average Bonchev–Trinajstić information content (AvgIpc) is 3.83. The van der Waals surface area contributed by atoms with Crippen LogP contribution in [0.5, 0.6) is 5.75 Å². The van der Waals surface area contributed by atoms with Gasteiger partial charge in [0.05, 0.1) is 44.2 Å². The Balaban J connectivity index is 2.08. The lowest BCUT2D eigenvalue weighted by Gasteiger charge is -2.30. The fourth-order valence-corrected chi connectivity index (χ4v) is 9.93. The van der Waals surface area contributed by atoms with Gasteiger partial charge in [-0.15, -0.1) is 11.3 Å². The number of primary amides is 2. The molecule has 390 valence electrons. The van der Waals surface area contributed by atoms with E-state index in [1.807, 2.05) is 0 Å². The predicted octanol–water partition coefficient (Wildman–Crippen LogP) is -1.45. The van der Waals surface area contributed by atoms with Crippen molar-refractivity contribution in [3.8, 4) is 5.75 Å². The smallest absolute Gasteiger partial charge is 0.246 e. The number of phenols is 1. The maximum atomic E-state index is 14.7. The van der Waals surface area contributed by atoms with Gasteiger partial charge in [-0.25, -0.2) is 10.9 Å². The van der Waals surface area contributed by atoms with Crippen LogP contribution in [0.1, 0.15) is 76.7 Å². The molecule has 1 fully saturated rings. The summed E-state index contributed by atoms with van der Waals surface area (Å²) < 4.78 is 0. The van der Waals surface area contributed by atoms with Crippen molar-refractivity contribution in [2.75, 3.05) is 24.6 Å². The van der Waals surface area contributed by atoms with Crippen molar-refractivity contribution in [2.45, 2.75) is 115 Å². The number of carbonyl (C=O) groups is 11. The maximum absolute atomic E-state index is 14.7. The van der Waals surface area contributed by atoms with Gasteiger partial charge in [0.2, 0.25) is 64.5 Å². The SMILES string of the molecule is CC[C@H](C)C1NN[C@@H](CCC(N)=O)C(=O)N[C@@H](CC(N)=O)C(=O)N[C@H](C(=O)N(CC(=O)N[C@@H](CC(C)C)C(=O)C(=O)CNN)Cc2cccs2)CSSCCC(=O)N[C@@H](Cc2ccc(O)cc2)C(=O)C1=O. The fourth-order valence-electron chi connectivity index (χ4n) is 7.07. The zero-order valence-electron chi connectivity index (χ0n) is 40.0. The van der Waals surface area contributed by atoms with Gasteiger partial charge >= 0.3 is 0 Å². The Morgan fingerprint density at radius 2 is 1.55 bits per heavy atom. The number of hydrazine groups is 2. The minimum Gasteiger partial charge on any atom is -0.508 e. The number of rotatable bonds is 21. The lowest BCUT2D eigenvalue weighted by Crippen LogP contribution is -2.61. The molecular formula is C45H65N11O12S3. The Bertz CT molecular complexity index is 2200. The molecule has 71 heavy (non-hydrogen) atoms. The number of hydrogen-bond acceptors (Lipinski definition) is 19. The number of nitrogens with zero attached hydrogens (tertiary/aromatic N) is 1. The number of carbonyl (C=O) groups excluding carboxylic acids is 11. The minimum absolute atomic E-state index is 0.0485. The molecular weight excluding hydrogens is 983 g/mol. The largest absolute Gasteiger partial charge is 0.508 e. The van der Waals surface area contributed by atoms with E-state index in [0.717, 1.165) is 26.5 Å². The van der Waals surface area contributed by atoms with Crippen molar-refractivity contribution >= 4 is 97.4 Å². The highest BCUT2D eigenvalue weighted by Gasteiger charge is 2.38. The number of thiophene rings is 1. The van der Waals surface area contributed by atoms with Crippen molar-refractivity contribution in [3.05, 3.63) is 52.2 Å². The first kappa shape index (κ1) is 59.5. The van der Waals surface area contributed by atoms with Crippen molar-refractivity contribution in [1.29, 1.82) is 0 Å². The Morgan fingerprint density at radius 1 is 0.859 bits per heavy atom. The summed E-state index contributed by atoms with van der Waals surface area (Å²) in [5.74, 6) is -5.43. The van der Waals surface area contributed by atoms with E-state index in [4.69, 9.17) is 17.3 Å². The molecule has 3 rings (SSSR count). The molecule has 1 saturated heterocycles. The zero-order valence-corrected chi connectivity index (χ0v) is 42.4. The number of Topliss-reactive ketones (excluding diaryl/α,β-unsaturated/α-hetero) is 4. The Kier molecular flexibility index (Phi) is 25.3. The summed E-state index contributed by atoms with van der Waals surface area (Å²) >= 11 is 1.26. The van der Waals surface area contributed by atoms with Crippen LogP contribution in [0.4, 0.5) is 0 Å². The van der Waals surface area contributed by atoms with Gasteiger partial charge < -0.3 is 42.7 Å². The van der Waals surface area contributed by atoms with E-state index in [0.29, 0.717) is 16.9 Å². The van der Waals surface area contributed by atoms with Crippen LogP contribution in [-0.4, -0.2) is 135 Å². The maximum Gasteiger partial charge on any atom is 0.246 e. The molecule has 2 heterocycles. The first-order valence-electron chi connectivity index (χ1n) is 22.8. The molecule has 2 aromatic rings. The molecule has 26 heteroatoms. The fraction of sp³-hybridized carbons (Fsp3) is 0.533. The Labute approximate surface area is 423 Å². The van der Waals surface area contributed by atoms with E-state index in [9.17, 15) is 57.8 Å². The highest BCUT2D eigenvalue weighted by molar-refractivity contribution is 8.76. The van der Waals surface area contributed by atoms with Crippen molar-refractivity contribution < 1.29 is 57.8 Å². The van der Waals surface area contributed by atoms with E-state index in [1.54, 1.807) is 45.2 Å². The van der Waals surface area contributed by atoms with Crippen LogP contribution in [-0.2, 0) is 65.7 Å². The minimum atomic E-state index is -1.73. The molecule has 14 N–H and O–H groups in total.